The number of ether oxygens (including phenoxy) is 3. The molecule has 0 unspecified atom stereocenters. The third-order valence-electron chi connectivity index (χ3n) is 3.64. The molecule has 0 fully saturated rings. The Kier molecular flexibility index (Phi) is 8.29. The van der Waals surface area contributed by atoms with Crippen molar-refractivity contribution in [1.29, 1.82) is 0 Å². The molecule has 0 aromatic heterocycles. The molecule has 0 saturated heterocycles. The van der Waals surface area contributed by atoms with Crippen LogP contribution in [0.4, 0.5) is 5.69 Å². The van der Waals surface area contributed by atoms with Crippen LogP contribution >= 0.6 is 0 Å². The van der Waals surface area contributed by atoms with Crippen molar-refractivity contribution in [2.24, 2.45) is 0 Å². The molecule has 1 amide bonds. The summed E-state index contributed by atoms with van der Waals surface area (Å²) in [5.41, 5.74) is 1.85. The number of benzene rings is 2. The summed E-state index contributed by atoms with van der Waals surface area (Å²) in [5, 5.41) is 5.98. The highest BCUT2D eigenvalue weighted by atomic mass is 16.5. The van der Waals surface area contributed by atoms with Gasteiger partial charge in [-0.15, -0.1) is 0 Å². The molecule has 0 aliphatic carbocycles. The summed E-state index contributed by atoms with van der Waals surface area (Å²) in [5.74, 6) is 1.46. The number of amides is 1. The quantitative estimate of drug-likeness (QED) is 0.605. The molecule has 0 radical (unpaired) electrons. The van der Waals surface area contributed by atoms with Gasteiger partial charge in [0, 0.05) is 24.9 Å². The number of carbonyl (C=O) groups excluding carboxylic acids is 1. The molecule has 0 aliphatic heterocycles. The van der Waals surface area contributed by atoms with Crippen LogP contribution < -0.4 is 20.1 Å². The minimum atomic E-state index is -0.0801. The zero-order valence-electron chi connectivity index (χ0n) is 15.3. The first-order valence-corrected chi connectivity index (χ1v) is 8.65. The second-order valence-electron chi connectivity index (χ2n) is 5.55. The Hall–Kier alpha value is -2.73. The van der Waals surface area contributed by atoms with Gasteiger partial charge >= 0.3 is 0 Å². The summed E-state index contributed by atoms with van der Waals surface area (Å²) in [6, 6.07) is 15.1. The summed E-state index contributed by atoms with van der Waals surface area (Å²) in [6.45, 7) is 4.35. The van der Waals surface area contributed by atoms with Crippen LogP contribution in [0.5, 0.6) is 11.5 Å². The summed E-state index contributed by atoms with van der Waals surface area (Å²) in [6.07, 6.45) is 0. The van der Waals surface area contributed by atoms with Gasteiger partial charge in [0.25, 0.3) is 0 Å². The van der Waals surface area contributed by atoms with E-state index in [2.05, 4.69) is 10.6 Å². The van der Waals surface area contributed by atoms with E-state index >= 15 is 0 Å². The van der Waals surface area contributed by atoms with Gasteiger partial charge in [-0.25, -0.2) is 0 Å². The normalized spacial score (nSPS) is 10.2. The van der Waals surface area contributed by atoms with Gasteiger partial charge < -0.3 is 24.8 Å². The Morgan fingerprint density at radius 2 is 1.85 bits per heavy atom. The smallest absolute Gasteiger partial charge is 0.239 e. The first kappa shape index (κ1) is 19.6. The van der Waals surface area contributed by atoms with Gasteiger partial charge in [-0.3, -0.25) is 4.79 Å². The number of nitrogens with one attached hydrogen (secondary N) is 2. The van der Waals surface area contributed by atoms with Gasteiger partial charge in [-0.2, -0.15) is 0 Å². The fraction of sp³-hybridized carbons (Fsp3) is 0.350. The lowest BCUT2D eigenvalue weighted by Gasteiger charge is -2.10. The van der Waals surface area contributed by atoms with Crippen LogP contribution in [0.3, 0.4) is 0 Å². The number of anilines is 1. The Balaban J connectivity index is 1.72. The highest BCUT2D eigenvalue weighted by Crippen LogP contribution is 2.17. The van der Waals surface area contributed by atoms with Crippen LogP contribution in [-0.2, 0) is 16.1 Å². The van der Waals surface area contributed by atoms with Gasteiger partial charge in [-0.05, 0) is 36.8 Å². The van der Waals surface area contributed by atoms with Crippen molar-refractivity contribution in [1.82, 2.24) is 5.32 Å². The molecule has 0 atom stereocenters. The van der Waals surface area contributed by atoms with Crippen molar-refractivity contribution >= 4 is 11.6 Å². The summed E-state index contributed by atoms with van der Waals surface area (Å²) < 4.78 is 16.0. The Morgan fingerprint density at radius 3 is 2.58 bits per heavy atom. The predicted molar refractivity (Wildman–Crippen MR) is 102 cm³/mol. The molecule has 0 heterocycles. The first-order chi connectivity index (χ1) is 12.7. The molecule has 0 aliphatic rings. The summed E-state index contributed by atoms with van der Waals surface area (Å²) in [7, 11) is 1.63. The van der Waals surface area contributed by atoms with E-state index in [9.17, 15) is 4.79 Å². The van der Waals surface area contributed by atoms with E-state index in [1.54, 1.807) is 7.11 Å². The molecule has 0 bridgehead atoms. The maximum Gasteiger partial charge on any atom is 0.239 e. The third kappa shape index (κ3) is 7.03. The monoisotopic (exact) mass is 358 g/mol. The zero-order chi connectivity index (χ0) is 18.6. The molecule has 2 N–H and O–H groups in total. The number of carbonyl (C=O) groups is 1. The Morgan fingerprint density at radius 1 is 1.04 bits per heavy atom. The number of rotatable bonds is 11. The highest BCUT2D eigenvalue weighted by Gasteiger charge is 2.03. The van der Waals surface area contributed by atoms with Crippen molar-refractivity contribution in [2.45, 2.75) is 13.5 Å². The number of hydrogen-bond donors (Lipinski definition) is 2. The largest absolute Gasteiger partial charge is 0.497 e. The lowest BCUT2D eigenvalue weighted by Crippen LogP contribution is -2.29. The molecule has 0 saturated carbocycles. The molecule has 6 nitrogen and oxygen atoms in total. The van der Waals surface area contributed by atoms with Crippen molar-refractivity contribution in [2.75, 3.05) is 38.8 Å². The summed E-state index contributed by atoms with van der Waals surface area (Å²) >= 11 is 0. The van der Waals surface area contributed by atoms with Gasteiger partial charge in [0.2, 0.25) is 5.91 Å². The lowest BCUT2D eigenvalue weighted by atomic mass is 10.2. The van der Waals surface area contributed by atoms with Gasteiger partial charge in [0.1, 0.15) is 18.1 Å². The van der Waals surface area contributed by atoms with E-state index in [0.29, 0.717) is 26.4 Å². The number of hydrogen-bond acceptors (Lipinski definition) is 5. The molecule has 6 heteroatoms. The van der Waals surface area contributed by atoms with E-state index in [1.165, 1.54) is 0 Å². The maximum absolute atomic E-state index is 12.0. The van der Waals surface area contributed by atoms with Crippen molar-refractivity contribution < 1.29 is 19.0 Å². The van der Waals surface area contributed by atoms with Gasteiger partial charge in [0.15, 0.2) is 0 Å². The Labute approximate surface area is 154 Å². The molecule has 140 valence electrons. The molecule has 2 aromatic rings. The standard InChI is InChI=1S/C20H26N2O4/c1-3-25-11-12-26-19-6-4-5-17(13-19)21-15-20(23)22-14-16-7-9-18(24-2)10-8-16/h4-10,13,21H,3,11-12,14-15H2,1-2H3,(H,22,23). The van der Waals surface area contributed by atoms with Crippen molar-refractivity contribution in [3.63, 3.8) is 0 Å². The molecule has 2 rings (SSSR count). The molecular weight excluding hydrogens is 332 g/mol. The molecule has 26 heavy (non-hydrogen) atoms. The average Bonchev–Trinajstić information content (AvgIpc) is 2.69. The van der Waals surface area contributed by atoms with E-state index in [4.69, 9.17) is 14.2 Å². The molecule has 2 aromatic carbocycles. The minimum absolute atomic E-state index is 0.0801. The first-order valence-electron chi connectivity index (χ1n) is 8.65. The van der Waals surface area contributed by atoms with Crippen LogP contribution in [-0.4, -0.2) is 39.4 Å². The van der Waals surface area contributed by atoms with Crippen LogP contribution in [0.1, 0.15) is 12.5 Å². The second-order valence-corrected chi connectivity index (χ2v) is 5.55. The van der Waals surface area contributed by atoms with E-state index in [0.717, 1.165) is 22.7 Å². The highest BCUT2D eigenvalue weighted by molar-refractivity contribution is 5.80. The zero-order valence-corrected chi connectivity index (χ0v) is 15.3. The SMILES string of the molecule is CCOCCOc1cccc(NCC(=O)NCc2ccc(OC)cc2)c1. The summed E-state index contributed by atoms with van der Waals surface area (Å²) in [4.78, 5) is 12.0. The lowest BCUT2D eigenvalue weighted by molar-refractivity contribution is -0.119. The van der Waals surface area contributed by atoms with Crippen molar-refractivity contribution in [3.05, 3.63) is 54.1 Å². The predicted octanol–water partition coefficient (Wildman–Crippen LogP) is 2.84. The van der Waals surface area contributed by atoms with Crippen LogP contribution in [0.2, 0.25) is 0 Å². The van der Waals surface area contributed by atoms with Gasteiger partial charge in [0.05, 0.1) is 20.3 Å². The van der Waals surface area contributed by atoms with Crippen LogP contribution in [0.15, 0.2) is 48.5 Å². The second kappa shape index (κ2) is 11.0. The average molecular weight is 358 g/mol. The van der Waals surface area contributed by atoms with Gasteiger partial charge in [-0.1, -0.05) is 18.2 Å². The Bertz CT molecular complexity index is 674. The molecule has 0 spiro atoms. The van der Waals surface area contributed by atoms with Crippen LogP contribution in [0.25, 0.3) is 0 Å². The van der Waals surface area contributed by atoms with Crippen molar-refractivity contribution in [3.8, 4) is 11.5 Å². The number of methoxy groups -OCH3 is 1. The minimum Gasteiger partial charge on any atom is -0.497 e. The topological polar surface area (TPSA) is 68.8 Å². The van der Waals surface area contributed by atoms with E-state index in [1.807, 2.05) is 55.5 Å². The molecular formula is C20H26N2O4. The third-order valence-corrected chi connectivity index (χ3v) is 3.64. The maximum atomic E-state index is 12.0. The fourth-order valence-corrected chi connectivity index (χ4v) is 2.25. The fourth-order valence-electron chi connectivity index (χ4n) is 2.25. The van der Waals surface area contributed by atoms with E-state index in [-0.39, 0.29) is 12.5 Å². The van der Waals surface area contributed by atoms with Crippen LogP contribution in [0, 0.1) is 0 Å². The van der Waals surface area contributed by atoms with E-state index < -0.39 is 0 Å².